The lowest BCUT2D eigenvalue weighted by Gasteiger charge is -2.24. The minimum atomic E-state index is -0.631. The van der Waals surface area contributed by atoms with Gasteiger partial charge in [-0.15, -0.1) is 11.3 Å². The van der Waals surface area contributed by atoms with Gasteiger partial charge in [-0.1, -0.05) is 43.7 Å². The van der Waals surface area contributed by atoms with Gasteiger partial charge in [-0.3, -0.25) is 9.59 Å². The first-order valence-corrected chi connectivity index (χ1v) is 12.4. The number of benzene rings is 2. The second-order valence-corrected chi connectivity index (χ2v) is 9.52. The number of hydrogen-bond donors (Lipinski definition) is 1. The first kappa shape index (κ1) is 23.8. The number of aliphatic hydroxyl groups is 1. The van der Waals surface area contributed by atoms with Crippen molar-refractivity contribution in [2.45, 2.75) is 46.3 Å². The Morgan fingerprint density at radius 1 is 1.06 bits per heavy atom. The zero-order valence-electron chi connectivity index (χ0n) is 19.7. The molecule has 1 aliphatic heterocycles. The van der Waals surface area contributed by atoms with Crippen molar-refractivity contribution in [2.24, 2.45) is 0 Å². The quantitative estimate of drug-likeness (QED) is 0.240. The van der Waals surface area contributed by atoms with Crippen LogP contribution in [0.15, 0.2) is 65.6 Å². The monoisotopic (exact) mass is 475 g/mol. The molecule has 1 aliphatic rings. The summed E-state index contributed by atoms with van der Waals surface area (Å²) in [4.78, 5) is 28.5. The molecule has 0 radical (unpaired) electrons. The minimum absolute atomic E-state index is 0.146. The zero-order chi connectivity index (χ0) is 24.2. The Morgan fingerprint density at radius 3 is 2.47 bits per heavy atom. The molecule has 2 heterocycles. The molecule has 34 heavy (non-hydrogen) atoms. The lowest BCUT2D eigenvalue weighted by atomic mass is 9.97. The summed E-state index contributed by atoms with van der Waals surface area (Å²) in [5.74, 6) is -0.622. The lowest BCUT2D eigenvalue weighted by molar-refractivity contribution is -0.139. The van der Waals surface area contributed by atoms with Gasteiger partial charge in [-0.2, -0.15) is 0 Å². The van der Waals surface area contributed by atoms with Crippen molar-refractivity contribution in [3.05, 3.63) is 92.7 Å². The van der Waals surface area contributed by atoms with E-state index in [0.29, 0.717) is 24.5 Å². The van der Waals surface area contributed by atoms with Crippen LogP contribution < -0.4 is 4.74 Å². The summed E-state index contributed by atoms with van der Waals surface area (Å²) in [5, 5.41) is 13.2. The summed E-state index contributed by atoms with van der Waals surface area (Å²) in [6.45, 7) is 6.83. The van der Waals surface area contributed by atoms with E-state index in [-0.39, 0.29) is 11.3 Å². The molecule has 0 bridgehead atoms. The molecule has 6 heteroatoms. The number of Topliss-reactive ketones (excluding diaryl/α,β-unsaturated/α-hetero) is 1. The Bertz CT molecular complexity index is 1230. The summed E-state index contributed by atoms with van der Waals surface area (Å²) in [7, 11) is 0. The fourth-order valence-corrected chi connectivity index (χ4v) is 5.27. The highest BCUT2D eigenvalue weighted by Crippen LogP contribution is 2.43. The number of ketones is 1. The maximum atomic E-state index is 13.1. The topological polar surface area (TPSA) is 66.8 Å². The number of aliphatic hydroxyl groups excluding tert-OH is 1. The van der Waals surface area contributed by atoms with Crippen LogP contribution in [0.2, 0.25) is 0 Å². The number of rotatable bonds is 8. The maximum Gasteiger partial charge on any atom is 0.295 e. The van der Waals surface area contributed by atoms with E-state index in [1.54, 1.807) is 23.1 Å². The van der Waals surface area contributed by atoms with Gasteiger partial charge in [0, 0.05) is 17.0 Å². The Labute approximate surface area is 204 Å². The largest absolute Gasteiger partial charge is 0.507 e. The van der Waals surface area contributed by atoms with Crippen molar-refractivity contribution in [2.75, 3.05) is 6.54 Å². The molecule has 1 atom stereocenters. The molecule has 1 aromatic heterocycles. The van der Waals surface area contributed by atoms with E-state index < -0.39 is 17.7 Å². The Balaban J connectivity index is 1.69. The van der Waals surface area contributed by atoms with E-state index in [4.69, 9.17) is 4.74 Å². The zero-order valence-corrected chi connectivity index (χ0v) is 20.5. The van der Waals surface area contributed by atoms with Gasteiger partial charge in [0.25, 0.3) is 11.7 Å². The van der Waals surface area contributed by atoms with Crippen LogP contribution in [0.25, 0.3) is 5.76 Å². The van der Waals surface area contributed by atoms with Crippen LogP contribution in [0.5, 0.6) is 5.75 Å². The van der Waals surface area contributed by atoms with Crippen LogP contribution in [0.4, 0.5) is 0 Å². The number of hydrogen-bond acceptors (Lipinski definition) is 5. The predicted molar refractivity (Wildman–Crippen MR) is 135 cm³/mol. The van der Waals surface area contributed by atoms with Gasteiger partial charge >= 0.3 is 0 Å². The summed E-state index contributed by atoms with van der Waals surface area (Å²) in [6.07, 6.45) is 1.70. The predicted octanol–water partition coefficient (Wildman–Crippen LogP) is 6.17. The van der Waals surface area contributed by atoms with E-state index in [9.17, 15) is 14.7 Å². The third-order valence-electron chi connectivity index (χ3n) is 6.13. The first-order chi connectivity index (χ1) is 16.4. The molecule has 3 aromatic rings. The number of amides is 1. The van der Waals surface area contributed by atoms with E-state index >= 15 is 0 Å². The average Bonchev–Trinajstić information content (AvgIpc) is 3.37. The van der Waals surface area contributed by atoms with Crippen molar-refractivity contribution in [3.8, 4) is 5.75 Å². The summed E-state index contributed by atoms with van der Waals surface area (Å²) >= 11 is 1.50. The van der Waals surface area contributed by atoms with Crippen LogP contribution >= 0.6 is 11.3 Å². The fraction of sp³-hybridized carbons (Fsp3) is 0.286. The molecule has 1 unspecified atom stereocenters. The smallest absolute Gasteiger partial charge is 0.295 e. The normalized spacial score (nSPS) is 17.4. The van der Waals surface area contributed by atoms with E-state index in [2.05, 4.69) is 0 Å². The Kier molecular flexibility index (Phi) is 7.17. The molecule has 0 spiro atoms. The van der Waals surface area contributed by atoms with E-state index in [1.807, 2.05) is 62.5 Å². The maximum absolute atomic E-state index is 13.1. The van der Waals surface area contributed by atoms with Crippen molar-refractivity contribution < 1.29 is 19.4 Å². The van der Waals surface area contributed by atoms with Gasteiger partial charge in [-0.05, 0) is 66.6 Å². The molecule has 1 fully saturated rings. The average molecular weight is 476 g/mol. The minimum Gasteiger partial charge on any atom is -0.507 e. The molecular formula is C28H29NO4S. The number of thiophene rings is 1. The van der Waals surface area contributed by atoms with Gasteiger partial charge in [-0.25, -0.2) is 0 Å². The van der Waals surface area contributed by atoms with Crippen molar-refractivity contribution in [1.82, 2.24) is 4.90 Å². The van der Waals surface area contributed by atoms with Gasteiger partial charge in [0.05, 0.1) is 11.6 Å². The number of aryl methyl sites for hydroxylation is 2. The molecule has 2 aromatic carbocycles. The molecule has 1 saturated heterocycles. The van der Waals surface area contributed by atoms with Gasteiger partial charge in [0.15, 0.2) is 0 Å². The number of ether oxygens (including phenoxy) is 1. The third kappa shape index (κ3) is 4.64. The molecule has 5 nitrogen and oxygen atoms in total. The van der Waals surface area contributed by atoms with Gasteiger partial charge < -0.3 is 14.7 Å². The molecule has 1 N–H and O–H groups in total. The fourth-order valence-electron chi connectivity index (χ4n) is 4.23. The number of likely N-dealkylation sites (tertiary alicyclic amines) is 1. The van der Waals surface area contributed by atoms with Gasteiger partial charge in [0.1, 0.15) is 18.1 Å². The Hall–Kier alpha value is -3.38. The van der Waals surface area contributed by atoms with Crippen molar-refractivity contribution in [1.29, 1.82) is 0 Å². The second kappa shape index (κ2) is 10.3. The van der Waals surface area contributed by atoms with Crippen molar-refractivity contribution in [3.63, 3.8) is 0 Å². The van der Waals surface area contributed by atoms with Crippen molar-refractivity contribution >= 4 is 28.8 Å². The number of nitrogens with zero attached hydrogens (tertiary/aromatic N) is 1. The molecule has 4 rings (SSSR count). The molecule has 0 aliphatic carbocycles. The third-order valence-corrected chi connectivity index (χ3v) is 7.20. The number of carbonyl (C=O) groups is 2. The van der Waals surface area contributed by atoms with E-state index in [1.165, 1.54) is 11.3 Å². The van der Waals surface area contributed by atoms with Crippen LogP contribution in [0, 0.1) is 13.8 Å². The Morgan fingerprint density at radius 2 is 1.82 bits per heavy atom. The number of carbonyl (C=O) groups excluding carboxylic acids is 2. The summed E-state index contributed by atoms with van der Waals surface area (Å²) in [6, 6.07) is 16.6. The number of unbranched alkanes of at least 4 members (excludes halogenated alkanes) is 1. The highest BCUT2D eigenvalue weighted by atomic mass is 32.1. The van der Waals surface area contributed by atoms with Crippen LogP contribution in [-0.2, 0) is 16.2 Å². The highest BCUT2D eigenvalue weighted by molar-refractivity contribution is 7.10. The van der Waals surface area contributed by atoms with Crippen LogP contribution in [-0.4, -0.2) is 28.2 Å². The second-order valence-electron chi connectivity index (χ2n) is 8.57. The molecule has 1 amide bonds. The van der Waals surface area contributed by atoms with E-state index in [0.717, 1.165) is 34.4 Å². The lowest BCUT2D eigenvalue weighted by Crippen LogP contribution is -2.30. The molecule has 176 valence electrons. The van der Waals surface area contributed by atoms with Crippen LogP contribution in [0.3, 0.4) is 0 Å². The van der Waals surface area contributed by atoms with Gasteiger partial charge in [0.2, 0.25) is 0 Å². The summed E-state index contributed by atoms with van der Waals surface area (Å²) in [5.41, 5.74) is 3.56. The standard InChI is InChI=1S/C28H29NO4S/c1-4-5-14-29-24(27-18(2)13-15-34-27)23(26(31)28(29)32)25(30)21-11-12-22(19(3)16-21)33-17-20-9-7-6-8-10-20/h6-13,15-16,24,30H,4-5,14,17H2,1-3H3/b25-23-. The SMILES string of the molecule is CCCCN1C(=O)C(=O)/C(=C(\O)c2ccc(OCc3ccccc3)c(C)c2)C1c1sccc1C. The highest BCUT2D eigenvalue weighted by Gasteiger charge is 2.46. The molecular weight excluding hydrogens is 446 g/mol. The molecule has 0 saturated carbocycles. The summed E-state index contributed by atoms with van der Waals surface area (Å²) < 4.78 is 5.95. The van der Waals surface area contributed by atoms with Crippen LogP contribution in [0.1, 0.15) is 52.9 Å². The first-order valence-electron chi connectivity index (χ1n) is 11.5.